The van der Waals surface area contributed by atoms with Crippen LogP contribution in [0.25, 0.3) is 0 Å². The van der Waals surface area contributed by atoms with Gasteiger partial charge in [-0.05, 0) is 36.9 Å². The Morgan fingerprint density at radius 2 is 2.17 bits per heavy atom. The van der Waals surface area contributed by atoms with E-state index in [0.717, 1.165) is 48.5 Å². The maximum absolute atomic E-state index is 6.35. The molecule has 0 atom stereocenters. The van der Waals surface area contributed by atoms with E-state index in [0.29, 0.717) is 0 Å². The van der Waals surface area contributed by atoms with Gasteiger partial charge in [-0.25, -0.2) is 4.98 Å². The molecule has 18 heavy (non-hydrogen) atoms. The summed E-state index contributed by atoms with van der Waals surface area (Å²) >= 11 is 6.35. The lowest BCUT2D eigenvalue weighted by Crippen LogP contribution is -2.33. The van der Waals surface area contributed by atoms with Gasteiger partial charge in [0.1, 0.15) is 5.82 Å². The van der Waals surface area contributed by atoms with E-state index in [1.54, 1.807) is 0 Å². The molecule has 1 aromatic heterocycles. The smallest absolute Gasteiger partial charge is 0.147 e. The van der Waals surface area contributed by atoms with Crippen molar-refractivity contribution < 1.29 is 0 Å². The molecule has 4 heteroatoms. The van der Waals surface area contributed by atoms with Crippen molar-refractivity contribution in [1.29, 1.82) is 0 Å². The summed E-state index contributed by atoms with van der Waals surface area (Å²) in [5.74, 6) is 1.77. The molecule has 1 aliphatic heterocycles. The third-order valence-electron chi connectivity index (χ3n) is 3.54. The number of pyridine rings is 1. The Balaban J connectivity index is 2.05. The summed E-state index contributed by atoms with van der Waals surface area (Å²) in [5, 5.41) is 4.06. The van der Waals surface area contributed by atoms with E-state index in [-0.39, 0.29) is 0 Å². The minimum atomic E-state index is 0.778. The molecule has 0 saturated carbocycles. The van der Waals surface area contributed by atoms with Gasteiger partial charge in [0.05, 0.1) is 5.02 Å². The van der Waals surface area contributed by atoms with Crippen molar-refractivity contribution >= 4 is 17.4 Å². The third kappa shape index (κ3) is 3.36. The molecule has 100 valence electrons. The first-order chi connectivity index (χ1) is 8.70. The molecule has 0 amide bonds. The van der Waals surface area contributed by atoms with Crippen molar-refractivity contribution in [2.75, 3.05) is 24.5 Å². The van der Waals surface area contributed by atoms with Crippen molar-refractivity contribution in [1.82, 2.24) is 10.3 Å². The van der Waals surface area contributed by atoms with Gasteiger partial charge in [-0.15, -0.1) is 0 Å². The van der Waals surface area contributed by atoms with Crippen LogP contribution in [0.4, 0.5) is 5.82 Å². The molecule has 0 unspecified atom stereocenters. The van der Waals surface area contributed by atoms with Crippen LogP contribution in [0.1, 0.15) is 32.3 Å². The zero-order chi connectivity index (χ0) is 13.0. The van der Waals surface area contributed by atoms with Gasteiger partial charge in [-0.1, -0.05) is 25.4 Å². The third-order valence-corrected chi connectivity index (χ3v) is 3.82. The number of hydrogen-bond acceptors (Lipinski definition) is 3. The van der Waals surface area contributed by atoms with Crippen LogP contribution in [0.2, 0.25) is 5.02 Å². The van der Waals surface area contributed by atoms with Crippen LogP contribution in [-0.2, 0) is 6.54 Å². The number of anilines is 1. The highest BCUT2D eigenvalue weighted by atomic mass is 35.5. The minimum Gasteiger partial charge on any atom is -0.355 e. The van der Waals surface area contributed by atoms with Crippen LogP contribution in [-0.4, -0.2) is 24.6 Å². The van der Waals surface area contributed by atoms with Crippen molar-refractivity contribution in [2.45, 2.75) is 33.2 Å². The van der Waals surface area contributed by atoms with E-state index in [1.807, 2.05) is 12.3 Å². The lowest BCUT2D eigenvalue weighted by molar-refractivity contribution is 0.436. The van der Waals surface area contributed by atoms with Gasteiger partial charge in [0.2, 0.25) is 0 Å². The van der Waals surface area contributed by atoms with Gasteiger partial charge in [-0.2, -0.15) is 0 Å². The van der Waals surface area contributed by atoms with E-state index >= 15 is 0 Å². The zero-order valence-corrected chi connectivity index (χ0v) is 12.0. The Labute approximate surface area is 115 Å². The van der Waals surface area contributed by atoms with Crippen LogP contribution < -0.4 is 10.2 Å². The number of nitrogens with one attached hydrogen (secondary N) is 1. The Hall–Kier alpha value is -0.800. The maximum Gasteiger partial charge on any atom is 0.147 e. The maximum atomic E-state index is 6.35. The first kappa shape index (κ1) is 13.6. The standard InChI is InChI=1S/C14H22ClN3/c1-3-16-9-12-8-13(15)14(17-10-12)18-6-4-11(2)5-7-18/h8,10-11,16H,3-7,9H2,1-2H3. The second-order valence-corrected chi connectivity index (χ2v) is 5.51. The molecule has 3 nitrogen and oxygen atoms in total. The van der Waals surface area contributed by atoms with Crippen molar-refractivity contribution in [3.63, 3.8) is 0 Å². The summed E-state index contributed by atoms with van der Waals surface area (Å²) in [4.78, 5) is 6.84. The predicted molar refractivity (Wildman–Crippen MR) is 77.2 cm³/mol. The number of rotatable bonds is 4. The summed E-state index contributed by atoms with van der Waals surface area (Å²) in [6.45, 7) is 8.34. The lowest BCUT2D eigenvalue weighted by atomic mass is 9.99. The highest BCUT2D eigenvalue weighted by molar-refractivity contribution is 6.33. The second kappa shape index (κ2) is 6.39. The van der Waals surface area contributed by atoms with Crippen molar-refractivity contribution in [3.05, 3.63) is 22.8 Å². The number of nitrogens with zero attached hydrogens (tertiary/aromatic N) is 2. The first-order valence-corrected chi connectivity index (χ1v) is 7.18. The molecule has 0 aliphatic carbocycles. The van der Waals surface area contributed by atoms with Gasteiger partial charge < -0.3 is 10.2 Å². The molecule has 1 saturated heterocycles. The fourth-order valence-electron chi connectivity index (χ4n) is 2.29. The van der Waals surface area contributed by atoms with E-state index in [9.17, 15) is 0 Å². The fraction of sp³-hybridized carbons (Fsp3) is 0.643. The SMILES string of the molecule is CCNCc1cnc(N2CCC(C)CC2)c(Cl)c1. The van der Waals surface area contributed by atoms with Gasteiger partial charge >= 0.3 is 0 Å². The molecular formula is C14H22ClN3. The zero-order valence-electron chi connectivity index (χ0n) is 11.2. The van der Waals surface area contributed by atoms with Gasteiger partial charge in [-0.3, -0.25) is 0 Å². The van der Waals surface area contributed by atoms with E-state index in [1.165, 1.54) is 12.8 Å². The fourth-order valence-corrected chi connectivity index (χ4v) is 2.60. The highest BCUT2D eigenvalue weighted by Gasteiger charge is 2.19. The van der Waals surface area contributed by atoms with Crippen LogP contribution in [0.15, 0.2) is 12.3 Å². The molecule has 1 aromatic rings. The Morgan fingerprint density at radius 3 is 2.78 bits per heavy atom. The average molecular weight is 268 g/mol. The molecule has 0 aromatic carbocycles. The molecule has 1 aliphatic rings. The van der Waals surface area contributed by atoms with Crippen LogP contribution in [0.3, 0.4) is 0 Å². The molecule has 0 bridgehead atoms. The average Bonchev–Trinajstić information content (AvgIpc) is 2.38. The summed E-state index contributed by atoms with van der Waals surface area (Å²) in [7, 11) is 0. The normalized spacial score (nSPS) is 17.2. The van der Waals surface area contributed by atoms with Crippen LogP contribution in [0.5, 0.6) is 0 Å². The van der Waals surface area contributed by atoms with Gasteiger partial charge in [0.25, 0.3) is 0 Å². The molecule has 0 radical (unpaired) electrons. The van der Waals surface area contributed by atoms with Gasteiger partial charge in [0, 0.05) is 25.8 Å². The Morgan fingerprint density at radius 1 is 1.44 bits per heavy atom. The van der Waals surface area contributed by atoms with Crippen LogP contribution in [0, 0.1) is 5.92 Å². The van der Waals surface area contributed by atoms with Crippen LogP contribution >= 0.6 is 11.6 Å². The molecule has 1 fully saturated rings. The van der Waals surface area contributed by atoms with E-state index in [2.05, 4.69) is 29.0 Å². The summed E-state index contributed by atoms with van der Waals surface area (Å²) < 4.78 is 0. The number of piperidine rings is 1. The topological polar surface area (TPSA) is 28.2 Å². The van der Waals surface area contributed by atoms with Gasteiger partial charge in [0.15, 0.2) is 0 Å². The minimum absolute atomic E-state index is 0.778. The second-order valence-electron chi connectivity index (χ2n) is 5.10. The number of halogens is 1. The lowest BCUT2D eigenvalue weighted by Gasteiger charge is -2.31. The summed E-state index contributed by atoms with van der Waals surface area (Å²) in [5.41, 5.74) is 1.15. The molecule has 0 spiro atoms. The first-order valence-electron chi connectivity index (χ1n) is 6.80. The number of aromatic nitrogens is 1. The molecular weight excluding hydrogens is 246 g/mol. The van der Waals surface area contributed by atoms with Crippen molar-refractivity contribution in [3.8, 4) is 0 Å². The monoisotopic (exact) mass is 267 g/mol. The largest absolute Gasteiger partial charge is 0.355 e. The summed E-state index contributed by atoms with van der Waals surface area (Å²) in [6, 6.07) is 2.03. The Kier molecular flexibility index (Phi) is 4.84. The molecule has 1 N–H and O–H groups in total. The van der Waals surface area contributed by atoms with Crippen molar-refractivity contribution in [2.24, 2.45) is 5.92 Å². The van der Waals surface area contributed by atoms with E-state index in [4.69, 9.17) is 11.6 Å². The van der Waals surface area contributed by atoms with E-state index < -0.39 is 0 Å². The number of hydrogen-bond donors (Lipinski definition) is 1. The predicted octanol–water partition coefficient (Wildman–Crippen LogP) is 3.08. The Bertz CT molecular complexity index is 387. The molecule has 2 rings (SSSR count). The highest BCUT2D eigenvalue weighted by Crippen LogP contribution is 2.28. The quantitative estimate of drug-likeness (QED) is 0.909. The summed E-state index contributed by atoms with van der Waals surface area (Å²) in [6.07, 6.45) is 4.40. The molecule has 2 heterocycles.